The molecule has 1 saturated heterocycles. The molecule has 1 aliphatic rings. The van der Waals surface area contributed by atoms with E-state index in [1.807, 2.05) is 30.9 Å². The SMILES string of the molecule is Cc1cc(C)cc(OCCC(=O)N2CCCC(N)C2)c1. The van der Waals surface area contributed by atoms with Crippen molar-refractivity contribution in [1.82, 2.24) is 4.90 Å². The lowest BCUT2D eigenvalue weighted by molar-refractivity contribution is -0.132. The molecule has 1 aromatic rings. The number of benzene rings is 1. The Balaban J connectivity index is 1.78. The number of carbonyl (C=O) groups is 1. The van der Waals surface area contributed by atoms with Gasteiger partial charge in [0.2, 0.25) is 5.91 Å². The molecular formula is C16H24N2O2. The predicted molar refractivity (Wildman–Crippen MR) is 79.8 cm³/mol. The molecule has 1 atom stereocenters. The van der Waals surface area contributed by atoms with Crippen molar-refractivity contribution in [3.8, 4) is 5.75 Å². The van der Waals surface area contributed by atoms with Crippen LogP contribution in [0.3, 0.4) is 0 Å². The molecule has 0 aliphatic carbocycles. The number of nitrogens with zero attached hydrogens (tertiary/aromatic N) is 1. The number of carbonyl (C=O) groups excluding carboxylic acids is 1. The number of hydrogen-bond donors (Lipinski definition) is 1. The van der Waals surface area contributed by atoms with Crippen LogP contribution < -0.4 is 10.5 Å². The summed E-state index contributed by atoms with van der Waals surface area (Å²) in [5, 5.41) is 0. The Hall–Kier alpha value is -1.55. The fourth-order valence-electron chi connectivity index (χ4n) is 2.67. The molecule has 0 aromatic heterocycles. The molecule has 110 valence electrons. The van der Waals surface area contributed by atoms with E-state index < -0.39 is 0 Å². The molecule has 0 saturated carbocycles. The van der Waals surface area contributed by atoms with Crippen LogP contribution in [0.25, 0.3) is 0 Å². The lowest BCUT2D eigenvalue weighted by Crippen LogP contribution is -2.46. The lowest BCUT2D eigenvalue weighted by Gasteiger charge is -2.30. The molecule has 20 heavy (non-hydrogen) atoms. The van der Waals surface area contributed by atoms with Crippen molar-refractivity contribution in [3.63, 3.8) is 0 Å². The van der Waals surface area contributed by atoms with Crippen LogP contribution in [0, 0.1) is 13.8 Å². The van der Waals surface area contributed by atoms with Gasteiger partial charge in [0.15, 0.2) is 0 Å². The molecule has 1 aliphatic heterocycles. The third-order valence-electron chi connectivity index (χ3n) is 3.59. The van der Waals surface area contributed by atoms with Gasteiger partial charge in [-0.1, -0.05) is 6.07 Å². The van der Waals surface area contributed by atoms with Gasteiger partial charge in [-0.25, -0.2) is 0 Å². The van der Waals surface area contributed by atoms with E-state index in [-0.39, 0.29) is 11.9 Å². The van der Waals surface area contributed by atoms with Crippen LogP contribution in [0.5, 0.6) is 5.75 Å². The summed E-state index contributed by atoms with van der Waals surface area (Å²) >= 11 is 0. The molecule has 1 amide bonds. The maximum absolute atomic E-state index is 12.1. The van der Waals surface area contributed by atoms with E-state index >= 15 is 0 Å². The van der Waals surface area contributed by atoms with Gasteiger partial charge in [-0.05, 0) is 49.9 Å². The topological polar surface area (TPSA) is 55.6 Å². The second kappa shape index (κ2) is 6.75. The summed E-state index contributed by atoms with van der Waals surface area (Å²) in [6, 6.07) is 6.23. The van der Waals surface area contributed by atoms with Gasteiger partial charge in [-0.2, -0.15) is 0 Å². The maximum atomic E-state index is 12.1. The van der Waals surface area contributed by atoms with Crippen molar-refractivity contribution in [1.29, 1.82) is 0 Å². The molecule has 1 unspecified atom stereocenters. The fraction of sp³-hybridized carbons (Fsp3) is 0.562. The second-order valence-corrected chi connectivity index (χ2v) is 5.66. The Bertz CT molecular complexity index is 453. The minimum absolute atomic E-state index is 0.132. The summed E-state index contributed by atoms with van der Waals surface area (Å²) in [6.45, 7) is 6.02. The Morgan fingerprint density at radius 1 is 1.35 bits per heavy atom. The van der Waals surface area contributed by atoms with E-state index in [1.165, 1.54) is 11.1 Å². The molecule has 0 radical (unpaired) electrons. The van der Waals surface area contributed by atoms with Gasteiger partial charge in [0.25, 0.3) is 0 Å². The molecule has 2 rings (SSSR count). The third-order valence-corrected chi connectivity index (χ3v) is 3.59. The van der Waals surface area contributed by atoms with Crippen LogP contribution in [0.1, 0.15) is 30.4 Å². The molecule has 2 N–H and O–H groups in total. The molecule has 1 heterocycles. The Morgan fingerprint density at radius 3 is 2.70 bits per heavy atom. The third kappa shape index (κ3) is 4.23. The van der Waals surface area contributed by atoms with Crippen LogP contribution in [-0.2, 0) is 4.79 Å². The zero-order valence-electron chi connectivity index (χ0n) is 12.4. The number of nitrogens with two attached hydrogens (primary N) is 1. The minimum Gasteiger partial charge on any atom is -0.493 e. The standard InChI is InChI=1S/C16H24N2O2/c1-12-8-13(2)10-15(9-12)20-7-5-16(19)18-6-3-4-14(17)11-18/h8-10,14H,3-7,11,17H2,1-2H3. The highest BCUT2D eigenvalue weighted by molar-refractivity contribution is 5.76. The Kier molecular flexibility index (Phi) is 5.01. The normalized spacial score (nSPS) is 18.9. The number of likely N-dealkylation sites (tertiary alicyclic amines) is 1. The average molecular weight is 276 g/mol. The van der Waals surface area contributed by atoms with Crippen molar-refractivity contribution in [2.45, 2.75) is 39.2 Å². The number of aryl methyl sites for hydroxylation is 2. The summed E-state index contributed by atoms with van der Waals surface area (Å²) in [6.07, 6.45) is 2.44. The number of piperidine rings is 1. The quantitative estimate of drug-likeness (QED) is 0.915. The van der Waals surface area contributed by atoms with Crippen molar-refractivity contribution in [2.75, 3.05) is 19.7 Å². The summed E-state index contributed by atoms with van der Waals surface area (Å²) in [5.41, 5.74) is 8.24. The van der Waals surface area contributed by atoms with Gasteiger partial charge >= 0.3 is 0 Å². The van der Waals surface area contributed by atoms with E-state index in [2.05, 4.69) is 6.07 Å². The zero-order chi connectivity index (χ0) is 14.5. The Morgan fingerprint density at radius 2 is 2.05 bits per heavy atom. The van der Waals surface area contributed by atoms with Crippen LogP contribution in [0.15, 0.2) is 18.2 Å². The monoisotopic (exact) mass is 276 g/mol. The largest absolute Gasteiger partial charge is 0.493 e. The number of hydrogen-bond acceptors (Lipinski definition) is 3. The molecule has 1 aromatic carbocycles. The van der Waals surface area contributed by atoms with Crippen LogP contribution in [0.2, 0.25) is 0 Å². The van der Waals surface area contributed by atoms with Crippen molar-refractivity contribution in [3.05, 3.63) is 29.3 Å². The van der Waals surface area contributed by atoms with Gasteiger partial charge in [-0.3, -0.25) is 4.79 Å². The molecule has 1 fully saturated rings. The summed E-state index contributed by atoms with van der Waals surface area (Å²) in [4.78, 5) is 13.9. The van der Waals surface area contributed by atoms with Crippen molar-refractivity contribution in [2.24, 2.45) is 5.73 Å². The number of ether oxygens (including phenoxy) is 1. The first-order valence-electron chi connectivity index (χ1n) is 7.29. The smallest absolute Gasteiger partial charge is 0.226 e. The van der Waals surface area contributed by atoms with Crippen LogP contribution >= 0.6 is 0 Å². The zero-order valence-corrected chi connectivity index (χ0v) is 12.4. The molecule has 4 heteroatoms. The first-order chi connectivity index (χ1) is 9.54. The number of amides is 1. The summed E-state index contributed by atoms with van der Waals surface area (Å²) < 4.78 is 5.68. The van der Waals surface area contributed by atoms with Gasteiger partial charge in [0.05, 0.1) is 13.0 Å². The van der Waals surface area contributed by atoms with Crippen molar-refractivity contribution >= 4 is 5.91 Å². The van der Waals surface area contributed by atoms with E-state index in [1.54, 1.807) is 0 Å². The predicted octanol–water partition coefficient (Wildman–Crippen LogP) is 2.02. The highest BCUT2D eigenvalue weighted by Gasteiger charge is 2.20. The highest BCUT2D eigenvalue weighted by Crippen LogP contribution is 2.16. The summed E-state index contributed by atoms with van der Waals surface area (Å²) in [7, 11) is 0. The summed E-state index contributed by atoms with van der Waals surface area (Å²) in [5.74, 6) is 0.982. The molecule has 0 bridgehead atoms. The first-order valence-corrected chi connectivity index (χ1v) is 7.29. The highest BCUT2D eigenvalue weighted by atomic mass is 16.5. The van der Waals surface area contributed by atoms with E-state index in [9.17, 15) is 4.79 Å². The molecule has 4 nitrogen and oxygen atoms in total. The molecular weight excluding hydrogens is 252 g/mol. The van der Waals surface area contributed by atoms with Gasteiger partial charge in [0.1, 0.15) is 5.75 Å². The second-order valence-electron chi connectivity index (χ2n) is 5.66. The van der Waals surface area contributed by atoms with E-state index in [4.69, 9.17) is 10.5 Å². The van der Waals surface area contributed by atoms with Gasteiger partial charge < -0.3 is 15.4 Å². The first kappa shape index (κ1) is 14.9. The average Bonchev–Trinajstić information content (AvgIpc) is 2.37. The Labute approximate surface area is 120 Å². The van der Waals surface area contributed by atoms with Crippen LogP contribution in [0.4, 0.5) is 0 Å². The van der Waals surface area contributed by atoms with Crippen molar-refractivity contribution < 1.29 is 9.53 Å². The minimum atomic E-state index is 0.132. The molecule has 0 spiro atoms. The fourth-order valence-corrected chi connectivity index (χ4v) is 2.67. The van der Waals surface area contributed by atoms with E-state index in [0.717, 1.165) is 25.1 Å². The van der Waals surface area contributed by atoms with Crippen LogP contribution in [-0.4, -0.2) is 36.5 Å². The van der Waals surface area contributed by atoms with E-state index in [0.29, 0.717) is 19.6 Å². The lowest BCUT2D eigenvalue weighted by atomic mass is 10.1. The van der Waals surface area contributed by atoms with Gasteiger partial charge in [0, 0.05) is 19.1 Å². The van der Waals surface area contributed by atoms with Gasteiger partial charge in [-0.15, -0.1) is 0 Å². The number of rotatable bonds is 4. The maximum Gasteiger partial charge on any atom is 0.226 e.